The molecular formula is C13H16N2O4. The quantitative estimate of drug-likeness (QED) is 0.745. The van der Waals surface area contributed by atoms with E-state index in [9.17, 15) is 9.59 Å². The Kier molecular flexibility index (Phi) is 4.11. The number of likely N-dealkylation sites (N-methyl/N-ethyl adjacent to an activating group) is 1. The highest BCUT2D eigenvalue weighted by Gasteiger charge is 2.37. The second-order valence-electron chi connectivity index (χ2n) is 4.36. The number of ether oxygens (including phenoxy) is 2. The second-order valence-corrected chi connectivity index (χ2v) is 4.36. The Morgan fingerprint density at radius 3 is 2.84 bits per heavy atom. The van der Waals surface area contributed by atoms with Crippen molar-refractivity contribution in [2.45, 2.75) is 19.1 Å². The molecule has 1 aliphatic heterocycles. The molecule has 0 bridgehead atoms. The smallest absolute Gasteiger partial charge is 0.303 e. The van der Waals surface area contributed by atoms with Gasteiger partial charge in [-0.1, -0.05) is 0 Å². The van der Waals surface area contributed by atoms with E-state index in [4.69, 9.17) is 9.47 Å². The fourth-order valence-electron chi connectivity index (χ4n) is 1.97. The Labute approximate surface area is 111 Å². The van der Waals surface area contributed by atoms with E-state index >= 15 is 0 Å². The van der Waals surface area contributed by atoms with Gasteiger partial charge in [-0.15, -0.1) is 0 Å². The Hall–Kier alpha value is -1.95. The molecule has 0 aromatic carbocycles. The highest BCUT2D eigenvalue weighted by molar-refractivity contribution is 5.82. The van der Waals surface area contributed by atoms with E-state index in [0.29, 0.717) is 18.7 Å². The molecule has 1 fully saturated rings. The van der Waals surface area contributed by atoms with Crippen molar-refractivity contribution in [1.82, 2.24) is 9.88 Å². The lowest BCUT2D eigenvalue weighted by Gasteiger charge is -2.33. The third-order valence-electron chi connectivity index (χ3n) is 2.95. The van der Waals surface area contributed by atoms with Gasteiger partial charge < -0.3 is 14.4 Å². The van der Waals surface area contributed by atoms with Gasteiger partial charge in [0, 0.05) is 32.9 Å². The number of rotatable bonds is 3. The maximum absolute atomic E-state index is 12.1. The van der Waals surface area contributed by atoms with Crippen molar-refractivity contribution in [1.29, 1.82) is 0 Å². The number of pyridine rings is 1. The number of carbonyl (C=O) groups excluding carboxylic acids is 2. The molecule has 1 saturated heterocycles. The predicted octanol–water partition coefficient (Wildman–Crippen LogP) is 0.543. The molecule has 1 aromatic rings. The van der Waals surface area contributed by atoms with Gasteiger partial charge in [0.05, 0.1) is 6.61 Å². The molecule has 0 aliphatic carbocycles. The molecule has 2 rings (SSSR count). The van der Waals surface area contributed by atoms with Crippen molar-refractivity contribution in [2.24, 2.45) is 0 Å². The SMILES string of the molecule is CC(=O)OC(c1ccncc1)C1OCCN(C)C1=O. The summed E-state index contributed by atoms with van der Waals surface area (Å²) in [7, 11) is 1.70. The number of morpholine rings is 1. The first kappa shape index (κ1) is 13.5. The number of nitrogens with zero attached hydrogens (tertiary/aromatic N) is 2. The Morgan fingerprint density at radius 1 is 1.53 bits per heavy atom. The molecule has 6 nitrogen and oxygen atoms in total. The summed E-state index contributed by atoms with van der Waals surface area (Å²) in [5.74, 6) is -0.638. The molecule has 19 heavy (non-hydrogen) atoms. The fraction of sp³-hybridized carbons (Fsp3) is 0.462. The lowest BCUT2D eigenvalue weighted by Crippen LogP contribution is -2.48. The number of amides is 1. The minimum absolute atomic E-state index is 0.186. The number of hydrogen-bond acceptors (Lipinski definition) is 5. The average Bonchev–Trinajstić information content (AvgIpc) is 2.40. The first-order valence-corrected chi connectivity index (χ1v) is 6.03. The van der Waals surface area contributed by atoms with Crippen molar-refractivity contribution in [3.8, 4) is 0 Å². The van der Waals surface area contributed by atoms with Crippen LogP contribution in [0.2, 0.25) is 0 Å². The van der Waals surface area contributed by atoms with E-state index in [1.54, 1.807) is 36.5 Å². The van der Waals surface area contributed by atoms with Crippen molar-refractivity contribution < 1.29 is 19.1 Å². The van der Waals surface area contributed by atoms with Crippen LogP contribution in [0.1, 0.15) is 18.6 Å². The highest BCUT2D eigenvalue weighted by atomic mass is 16.6. The molecule has 1 amide bonds. The van der Waals surface area contributed by atoms with Gasteiger partial charge in [0.2, 0.25) is 0 Å². The van der Waals surface area contributed by atoms with Gasteiger partial charge in [0.15, 0.2) is 12.2 Å². The van der Waals surface area contributed by atoms with Crippen LogP contribution in [-0.2, 0) is 19.1 Å². The molecule has 0 saturated carbocycles. The van der Waals surface area contributed by atoms with Gasteiger partial charge in [-0.25, -0.2) is 0 Å². The Morgan fingerprint density at radius 2 is 2.21 bits per heavy atom. The monoisotopic (exact) mass is 264 g/mol. The zero-order valence-electron chi connectivity index (χ0n) is 10.9. The van der Waals surface area contributed by atoms with Crippen LogP contribution in [0.3, 0.4) is 0 Å². The van der Waals surface area contributed by atoms with E-state index in [-0.39, 0.29) is 5.91 Å². The minimum Gasteiger partial charge on any atom is -0.454 e. The van der Waals surface area contributed by atoms with Crippen molar-refractivity contribution >= 4 is 11.9 Å². The van der Waals surface area contributed by atoms with Crippen LogP contribution in [0.25, 0.3) is 0 Å². The highest BCUT2D eigenvalue weighted by Crippen LogP contribution is 2.26. The van der Waals surface area contributed by atoms with Crippen LogP contribution < -0.4 is 0 Å². The maximum atomic E-state index is 12.1. The normalized spacial score (nSPS) is 21.1. The first-order valence-electron chi connectivity index (χ1n) is 6.03. The number of hydrogen-bond donors (Lipinski definition) is 0. The van der Waals surface area contributed by atoms with Crippen LogP contribution in [0, 0.1) is 0 Å². The van der Waals surface area contributed by atoms with Crippen LogP contribution in [0.5, 0.6) is 0 Å². The fourth-order valence-corrected chi connectivity index (χ4v) is 1.97. The van der Waals surface area contributed by atoms with E-state index in [1.807, 2.05) is 0 Å². The predicted molar refractivity (Wildman–Crippen MR) is 66.1 cm³/mol. The van der Waals surface area contributed by atoms with Gasteiger partial charge in [0.1, 0.15) is 0 Å². The maximum Gasteiger partial charge on any atom is 0.303 e. The van der Waals surface area contributed by atoms with E-state index < -0.39 is 18.2 Å². The summed E-state index contributed by atoms with van der Waals surface area (Å²) in [6, 6.07) is 3.41. The molecular weight excluding hydrogens is 248 g/mol. The van der Waals surface area contributed by atoms with Gasteiger partial charge in [-0.2, -0.15) is 0 Å². The molecule has 102 valence electrons. The van der Waals surface area contributed by atoms with Crippen LogP contribution in [-0.4, -0.2) is 48.1 Å². The van der Waals surface area contributed by atoms with Crippen molar-refractivity contribution in [2.75, 3.05) is 20.2 Å². The topological polar surface area (TPSA) is 68.7 Å². The Balaban J connectivity index is 2.27. The number of carbonyl (C=O) groups is 2. The van der Waals surface area contributed by atoms with Crippen LogP contribution >= 0.6 is 0 Å². The summed E-state index contributed by atoms with van der Waals surface area (Å²) in [6.45, 7) is 2.28. The van der Waals surface area contributed by atoms with Gasteiger partial charge in [0.25, 0.3) is 5.91 Å². The summed E-state index contributed by atoms with van der Waals surface area (Å²) >= 11 is 0. The average molecular weight is 264 g/mol. The van der Waals surface area contributed by atoms with Gasteiger partial charge in [-0.05, 0) is 17.7 Å². The van der Waals surface area contributed by atoms with Gasteiger partial charge in [-0.3, -0.25) is 14.6 Å². The lowest BCUT2D eigenvalue weighted by molar-refractivity contribution is -0.173. The van der Waals surface area contributed by atoms with Crippen molar-refractivity contribution in [3.63, 3.8) is 0 Å². The molecule has 6 heteroatoms. The zero-order chi connectivity index (χ0) is 13.8. The molecule has 0 spiro atoms. The summed E-state index contributed by atoms with van der Waals surface area (Å²) in [5.41, 5.74) is 0.693. The van der Waals surface area contributed by atoms with E-state index in [0.717, 1.165) is 0 Å². The lowest BCUT2D eigenvalue weighted by atomic mass is 10.0. The molecule has 2 heterocycles. The molecule has 0 radical (unpaired) electrons. The molecule has 1 aliphatic rings. The first-order chi connectivity index (χ1) is 9.09. The molecule has 2 unspecified atom stereocenters. The van der Waals surface area contributed by atoms with Crippen LogP contribution in [0.4, 0.5) is 0 Å². The molecule has 0 N–H and O–H groups in total. The Bertz CT molecular complexity index is 463. The summed E-state index contributed by atoms with van der Waals surface area (Å²) in [5, 5.41) is 0. The van der Waals surface area contributed by atoms with E-state index in [2.05, 4.69) is 4.98 Å². The summed E-state index contributed by atoms with van der Waals surface area (Å²) in [4.78, 5) is 28.8. The summed E-state index contributed by atoms with van der Waals surface area (Å²) < 4.78 is 10.7. The summed E-state index contributed by atoms with van der Waals surface area (Å²) in [6.07, 6.45) is 1.63. The largest absolute Gasteiger partial charge is 0.454 e. The number of esters is 1. The van der Waals surface area contributed by atoms with Crippen molar-refractivity contribution in [3.05, 3.63) is 30.1 Å². The third kappa shape index (κ3) is 3.08. The third-order valence-corrected chi connectivity index (χ3v) is 2.95. The number of aromatic nitrogens is 1. The second kappa shape index (κ2) is 5.79. The minimum atomic E-state index is -0.801. The standard InChI is InChI=1S/C13H16N2O4/c1-9(16)19-11(10-3-5-14-6-4-10)12-13(17)15(2)7-8-18-12/h3-6,11-12H,7-8H2,1-2H3. The van der Waals surface area contributed by atoms with Gasteiger partial charge >= 0.3 is 5.97 Å². The zero-order valence-corrected chi connectivity index (χ0v) is 10.9. The van der Waals surface area contributed by atoms with E-state index in [1.165, 1.54) is 6.92 Å². The molecule has 1 aromatic heterocycles. The van der Waals surface area contributed by atoms with Crippen LogP contribution in [0.15, 0.2) is 24.5 Å². The molecule has 2 atom stereocenters.